The second-order valence-electron chi connectivity index (χ2n) is 4.97. The van der Waals surface area contributed by atoms with Gasteiger partial charge in [-0.25, -0.2) is 13.1 Å². The van der Waals surface area contributed by atoms with Crippen molar-refractivity contribution in [1.29, 1.82) is 0 Å². The van der Waals surface area contributed by atoms with E-state index in [9.17, 15) is 8.42 Å². The average molecular weight is 314 g/mol. The molecule has 0 saturated heterocycles. The number of benzene rings is 1. The van der Waals surface area contributed by atoms with Crippen LogP contribution in [0.3, 0.4) is 0 Å². The number of unbranched alkanes of at least 4 members (excludes halogenated alkanes) is 3. The van der Waals surface area contributed by atoms with E-state index in [4.69, 9.17) is 4.74 Å². The Balaban J connectivity index is 2.77. The van der Waals surface area contributed by atoms with Crippen molar-refractivity contribution < 1.29 is 13.2 Å². The zero-order valence-corrected chi connectivity index (χ0v) is 13.9. The summed E-state index contributed by atoms with van der Waals surface area (Å²) in [4.78, 5) is 0.195. The largest absolute Gasteiger partial charge is 0.495 e. The molecule has 0 bridgehead atoms. The lowest BCUT2D eigenvalue weighted by Crippen LogP contribution is -2.25. The first-order chi connectivity index (χ1) is 10.0. The molecule has 0 fully saturated rings. The van der Waals surface area contributed by atoms with Crippen LogP contribution >= 0.6 is 0 Å². The van der Waals surface area contributed by atoms with Crippen LogP contribution in [0, 0.1) is 0 Å². The molecule has 0 amide bonds. The predicted molar refractivity (Wildman–Crippen MR) is 85.1 cm³/mol. The van der Waals surface area contributed by atoms with Gasteiger partial charge in [0.05, 0.1) is 7.11 Å². The van der Waals surface area contributed by atoms with Gasteiger partial charge in [-0.15, -0.1) is 0 Å². The van der Waals surface area contributed by atoms with Crippen molar-refractivity contribution in [3.63, 3.8) is 0 Å². The molecule has 5 nitrogen and oxygen atoms in total. The highest BCUT2D eigenvalue weighted by atomic mass is 32.2. The third kappa shape index (κ3) is 5.65. The standard InChI is InChI=1S/C15H26N2O3S/c1-4-5-6-7-10-17-21(18,19)15-9-8-13(12-16-2)11-14(15)20-3/h8-9,11,16-17H,4-7,10,12H2,1-3H3. The summed E-state index contributed by atoms with van der Waals surface area (Å²) >= 11 is 0. The van der Waals surface area contributed by atoms with Crippen molar-refractivity contribution >= 4 is 10.0 Å². The average Bonchev–Trinajstić information content (AvgIpc) is 2.47. The fourth-order valence-electron chi connectivity index (χ4n) is 2.08. The third-order valence-corrected chi connectivity index (χ3v) is 4.72. The number of sulfonamides is 1. The molecule has 0 spiro atoms. The van der Waals surface area contributed by atoms with Crippen LogP contribution in [0.1, 0.15) is 38.2 Å². The number of ether oxygens (including phenoxy) is 1. The molecule has 0 radical (unpaired) electrons. The molecule has 1 rings (SSSR count). The second kappa shape index (κ2) is 9.02. The maximum absolute atomic E-state index is 12.3. The summed E-state index contributed by atoms with van der Waals surface area (Å²) in [6.45, 7) is 3.26. The van der Waals surface area contributed by atoms with Crippen molar-refractivity contribution in [3.8, 4) is 5.75 Å². The molecule has 0 aromatic heterocycles. The predicted octanol–water partition coefficient (Wildman–Crippen LogP) is 2.27. The van der Waals surface area contributed by atoms with E-state index in [0.717, 1.165) is 31.2 Å². The molecule has 0 heterocycles. The highest BCUT2D eigenvalue weighted by molar-refractivity contribution is 7.89. The minimum atomic E-state index is -3.52. The Morgan fingerprint density at radius 1 is 1.19 bits per heavy atom. The van der Waals surface area contributed by atoms with E-state index in [2.05, 4.69) is 17.0 Å². The van der Waals surface area contributed by atoms with Crippen molar-refractivity contribution in [2.45, 2.75) is 44.0 Å². The molecule has 6 heteroatoms. The lowest BCUT2D eigenvalue weighted by molar-refractivity contribution is 0.401. The number of rotatable bonds is 10. The number of nitrogens with one attached hydrogen (secondary N) is 2. The Hall–Kier alpha value is -1.11. The summed E-state index contributed by atoms with van der Waals surface area (Å²) in [7, 11) is -0.190. The van der Waals surface area contributed by atoms with Crippen molar-refractivity contribution in [2.75, 3.05) is 20.7 Å². The van der Waals surface area contributed by atoms with Gasteiger partial charge in [-0.05, 0) is 31.2 Å². The van der Waals surface area contributed by atoms with Crippen molar-refractivity contribution in [2.24, 2.45) is 0 Å². The molecule has 2 N–H and O–H groups in total. The Kier molecular flexibility index (Phi) is 7.71. The van der Waals surface area contributed by atoms with Gasteiger partial charge >= 0.3 is 0 Å². The van der Waals surface area contributed by atoms with Gasteiger partial charge in [0.1, 0.15) is 10.6 Å². The van der Waals surface area contributed by atoms with E-state index in [0.29, 0.717) is 18.8 Å². The van der Waals surface area contributed by atoms with E-state index >= 15 is 0 Å². The topological polar surface area (TPSA) is 67.4 Å². The van der Waals surface area contributed by atoms with E-state index in [1.165, 1.54) is 7.11 Å². The lowest BCUT2D eigenvalue weighted by Gasteiger charge is -2.12. The molecule has 0 atom stereocenters. The van der Waals surface area contributed by atoms with E-state index in [1.807, 2.05) is 7.05 Å². The summed E-state index contributed by atoms with van der Waals surface area (Å²) in [5, 5.41) is 3.03. The van der Waals surface area contributed by atoms with Crippen molar-refractivity contribution in [1.82, 2.24) is 10.0 Å². The Labute approximate surface area is 128 Å². The second-order valence-corrected chi connectivity index (χ2v) is 6.71. The van der Waals surface area contributed by atoms with Gasteiger partial charge in [-0.3, -0.25) is 0 Å². The van der Waals surface area contributed by atoms with Gasteiger partial charge in [0.2, 0.25) is 10.0 Å². The summed E-state index contributed by atoms with van der Waals surface area (Å²) in [5.74, 6) is 0.379. The quantitative estimate of drug-likeness (QED) is 0.650. The molecule has 1 aromatic rings. The SMILES string of the molecule is CCCCCCNS(=O)(=O)c1ccc(CNC)cc1OC. The minimum absolute atomic E-state index is 0.195. The summed E-state index contributed by atoms with van der Waals surface area (Å²) in [5.41, 5.74) is 0.983. The number of hydrogen-bond acceptors (Lipinski definition) is 4. The number of methoxy groups -OCH3 is 1. The molecule has 0 unspecified atom stereocenters. The van der Waals surface area contributed by atoms with Crippen molar-refractivity contribution in [3.05, 3.63) is 23.8 Å². The maximum Gasteiger partial charge on any atom is 0.244 e. The first-order valence-electron chi connectivity index (χ1n) is 7.36. The fraction of sp³-hybridized carbons (Fsp3) is 0.600. The van der Waals surface area contributed by atoms with Crippen LogP contribution < -0.4 is 14.8 Å². The highest BCUT2D eigenvalue weighted by Crippen LogP contribution is 2.24. The van der Waals surface area contributed by atoms with Crippen LogP contribution in [0.15, 0.2) is 23.1 Å². The van der Waals surface area contributed by atoms with Crippen LogP contribution in [0.4, 0.5) is 0 Å². The maximum atomic E-state index is 12.3. The number of hydrogen-bond donors (Lipinski definition) is 2. The first-order valence-corrected chi connectivity index (χ1v) is 8.84. The third-order valence-electron chi connectivity index (χ3n) is 3.22. The van der Waals surface area contributed by atoms with E-state index in [1.54, 1.807) is 18.2 Å². The smallest absolute Gasteiger partial charge is 0.244 e. The molecule has 0 aliphatic rings. The van der Waals surface area contributed by atoms with Crippen LogP contribution in [-0.2, 0) is 16.6 Å². The van der Waals surface area contributed by atoms with Crippen LogP contribution in [0.2, 0.25) is 0 Å². The monoisotopic (exact) mass is 314 g/mol. The Morgan fingerprint density at radius 2 is 1.95 bits per heavy atom. The molecular weight excluding hydrogens is 288 g/mol. The first kappa shape index (κ1) is 17.9. The molecule has 120 valence electrons. The van der Waals surface area contributed by atoms with Crippen LogP contribution in [-0.4, -0.2) is 29.1 Å². The fourth-order valence-corrected chi connectivity index (χ4v) is 3.31. The van der Waals surface area contributed by atoms with E-state index in [-0.39, 0.29) is 4.90 Å². The van der Waals surface area contributed by atoms with Gasteiger partial charge in [-0.2, -0.15) is 0 Å². The van der Waals surface area contributed by atoms with Gasteiger partial charge in [0.25, 0.3) is 0 Å². The van der Waals surface area contributed by atoms with Gasteiger partial charge in [0, 0.05) is 13.1 Å². The zero-order chi connectivity index (χ0) is 15.7. The normalized spacial score (nSPS) is 11.6. The summed E-state index contributed by atoms with van der Waals surface area (Å²) < 4.78 is 32.5. The Bertz CT molecular complexity index is 530. The van der Waals surface area contributed by atoms with Gasteiger partial charge < -0.3 is 10.1 Å². The zero-order valence-electron chi connectivity index (χ0n) is 13.1. The molecule has 1 aromatic carbocycles. The molecular formula is C15H26N2O3S. The summed E-state index contributed by atoms with van der Waals surface area (Å²) in [6.07, 6.45) is 4.15. The molecule has 0 aliphatic carbocycles. The van der Waals surface area contributed by atoms with Gasteiger partial charge in [-0.1, -0.05) is 32.3 Å². The molecule has 0 saturated carbocycles. The van der Waals surface area contributed by atoms with Crippen LogP contribution in [0.5, 0.6) is 5.75 Å². The molecule has 21 heavy (non-hydrogen) atoms. The molecule has 0 aliphatic heterocycles. The van der Waals surface area contributed by atoms with E-state index < -0.39 is 10.0 Å². The highest BCUT2D eigenvalue weighted by Gasteiger charge is 2.19. The Morgan fingerprint density at radius 3 is 2.57 bits per heavy atom. The lowest BCUT2D eigenvalue weighted by atomic mass is 10.2. The van der Waals surface area contributed by atoms with Gasteiger partial charge in [0.15, 0.2) is 0 Å². The minimum Gasteiger partial charge on any atom is -0.495 e. The van der Waals surface area contributed by atoms with Crippen LogP contribution in [0.25, 0.3) is 0 Å². The summed E-state index contributed by atoms with van der Waals surface area (Å²) in [6, 6.07) is 5.15.